The first kappa shape index (κ1) is 15.1. The topological polar surface area (TPSA) is 78.8 Å². The summed E-state index contributed by atoms with van der Waals surface area (Å²) in [6.07, 6.45) is 0.963. The predicted molar refractivity (Wildman–Crippen MR) is 72.8 cm³/mol. The van der Waals surface area contributed by atoms with Gasteiger partial charge in [-0.1, -0.05) is 12.1 Å². The molecule has 0 saturated heterocycles. The zero-order valence-corrected chi connectivity index (χ0v) is 11.3. The molecule has 1 amide bonds. The molecule has 5 nitrogen and oxygen atoms in total. The average Bonchev–Trinajstić information content (AvgIpc) is 3.23. The number of benzene rings is 1. The van der Waals surface area contributed by atoms with Gasteiger partial charge in [0.2, 0.25) is 5.70 Å². The van der Waals surface area contributed by atoms with Gasteiger partial charge in [-0.25, -0.2) is 8.78 Å². The molecule has 2 rings (SSSR count). The summed E-state index contributed by atoms with van der Waals surface area (Å²) in [5.41, 5.74) is -0.761. The van der Waals surface area contributed by atoms with Crippen LogP contribution in [0.4, 0.5) is 14.5 Å². The number of halogens is 2. The predicted octanol–water partition coefficient (Wildman–Crippen LogP) is 3.68. The Kier molecular flexibility index (Phi) is 4.02. The van der Waals surface area contributed by atoms with Gasteiger partial charge in [0.25, 0.3) is 11.8 Å². The number of carbonyl (C=O) groups excluding carboxylic acids is 1. The van der Waals surface area contributed by atoms with Crippen LogP contribution in [-0.2, 0) is 10.7 Å². The van der Waals surface area contributed by atoms with E-state index in [1.807, 2.05) is 0 Å². The van der Waals surface area contributed by atoms with Crippen molar-refractivity contribution in [3.63, 3.8) is 0 Å². The van der Waals surface area contributed by atoms with Crippen LogP contribution < -0.4 is 5.32 Å². The van der Waals surface area contributed by atoms with E-state index in [0.717, 1.165) is 13.0 Å². The third-order valence-electron chi connectivity index (χ3n) is 3.24. The van der Waals surface area contributed by atoms with E-state index < -0.39 is 29.2 Å². The molecule has 1 aromatic rings. The molecule has 0 aliphatic heterocycles. The number of anilines is 1. The molecule has 1 aromatic carbocycles. The van der Waals surface area contributed by atoms with E-state index in [-0.39, 0.29) is 11.3 Å². The van der Waals surface area contributed by atoms with E-state index in [2.05, 4.69) is 10.5 Å². The number of aliphatic hydroxyl groups is 1. The van der Waals surface area contributed by atoms with Crippen molar-refractivity contribution < 1.29 is 18.7 Å². The molecule has 0 unspecified atom stereocenters. The molecule has 0 spiro atoms. The van der Waals surface area contributed by atoms with Crippen molar-refractivity contribution >= 4 is 11.6 Å². The summed E-state index contributed by atoms with van der Waals surface area (Å²) in [5, 5.41) is 13.8. The fourth-order valence-electron chi connectivity index (χ4n) is 1.95. The smallest absolute Gasteiger partial charge is 0.281 e. The fraction of sp³-hybridized carbons (Fsp3) is 0.357. The lowest BCUT2D eigenvalue weighted by Crippen LogP contribution is -2.18. The second-order valence-electron chi connectivity index (χ2n) is 4.96. The van der Waals surface area contributed by atoms with Crippen molar-refractivity contribution in [1.29, 1.82) is 0 Å². The summed E-state index contributed by atoms with van der Waals surface area (Å²) >= 11 is 0. The number of allylic oxidation sites excluding steroid dienone is 1. The molecular formula is C14H14F2N2O3. The molecule has 1 aliphatic rings. The van der Waals surface area contributed by atoms with Crippen molar-refractivity contribution in [2.45, 2.75) is 25.7 Å². The van der Waals surface area contributed by atoms with E-state index >= 15 is 0 Å². The monoisotopic (exact) mass is 296 g/mol. The highest BCUT2D eigenvalue weighted by atomic mass is 19.3. The Labute approximate surface area is 119 Å². The maximum Gasteiger partial charge on any atom is 0.281 e. The van der Waals surface area contributed by atoms with Crippen LogP contribution in [0.15, 0.2) is 40.9 Å². The second kappa shape index (κ2) is 5.59. The lowest BCUT2D eigenvalue weighted by atomic mass is 10.0. The summed E-state index contributed by atoms with van der Waals surface area (Å²) in [5.74, 6) is -5.08. The van der Waals surface area contributed by atoms with E-state index in [1.54, 1.807) is 0 Å². The van der Waals surface area contributed by atoms with Gasteiger partial charge < -0.3 is 10.4 Å². The molecule has 1 saturated carbocycles. The van der Waals surface area contributed by atoms with Crippen LogP contribution in [0.2, 0.25) is 0 Å². The Morgan fingerprint density at radius 3 is 2.62 bits per heavy atom. The lowest BCUT2D eigenvalue weighted by molar-refractivity contribution is -0.113. The standard InChI is InChI=1S/C14H14F2N2O3/c1-8(19)12(18-21)13(20)17-11-4-2-3-10(7-11)14(15,16)9-5-6-9/h2-4,7,9,19H,5-6H2,1H3,(H,17,20). The Bertz CT molecular complexity index is 606. The SMILES string of the molecule is CC(O)=C(N=O)C(=O)Nc1cccc(C(F)(F)C2CC2)c1. The first-order chi connectivity index (χ1) is 9.86. The van der Waals surface area contributed by atoms with Gasteiger partial charge in [0.05, 0.1) is 0 Å². The highest BCUT2D eigenvalue weighted by Gasteiger charge is 2.47. The minimum Gasteiger partial charge on any atom is -0.510 e. The molecule has 0 heterocycles. The molecule has 2 N–H and O–H groups in total. The van der Waals surface area contributed by atoms with Crippen LogP contribution in [0.5, 0.6) is 0 Å². The van der Waals surface area contributed by atoms with Crippen LogP contribution in [0, 0.1) is 10.8 Å². The number of nitroso groups, excluding NO2 is 1. The first-order valence-corrected chi connectivity index (χ1v) is 6.39. The molecule has 0 radical (unpaired) electrons. The summed E-state index contributed by atoms with van der Waals surface area (Å²) in [6, 6.07) is 5.26. The average molecular weight is 296 g/mol. The Balaban J connectivity index is 2.20. The van der Waals surface area contributed by atoms with Crippen molar-refractivity contribution in [3.8, 4) is 0 Å². The Morgan fingerprint density at radius 2 is 2.10 bits per heavy atom. The molecule has 112 valence electrons. The summed E-state index contributed by atoms with van der Waals surface area (Å²) in [7, 11) is 0. The second-order valence-corrected chi connectivity index (χ2v) is 4.96. The van der Waals surface area contributed by atoms with Crippen molar-refractivity contribution in [2.24, 2.45) is 11.1 Å². The van der Waals surface area contributed by atoms with Crippen LogP contribution in [0.1, 0.15) is 25.3 Å². The Morgan fingerprint density at radius 1 is 1.43 bits per heavy atom. The zero-order valence-electron chi connectivity index (χ0n) is 11.3. The van der Waals surface area contributed by atoms with E-state index in [4.69, 9.17) is 5.11 Å². The number of alkyl halides is 2. The maximum absolute atomic E-state index is 14.0. The third kappa shape index (κ3) is 3.24. The van der Waals surface area contributed by atoms with Gasteiger partial charge in [-0.15, -0.1) is 4.91 Å². The normalized spacial score (nSPS) is 16.1. The molecule has 0 atom stereocenters. The number of rotatable bonds is 5. The maximum atomic E-state index is 14.0. The highest BCUT2D eigenvalue weighted by Crippen LogP contribution is 2.49. The minimum atomic E-state index is -2.94. The van der Waals surface area contributed by atoms with Crippen LogP contribution in [0.3, 0.4) is 0 Å². The molecule has 0 bridgehead atoms. The van der Waals surface area contributed by atoms with Crippen LogP contribution >= 0.6 is 0 Å². The molecule has 21 heavy (non-hydrogen) atoms. The largest absolute Gasteiger partial charge is 0.510 e. The highest BCUT2D eigenvalue weighted by molar-refractivity contribution is 6.03. The minimum absolute atomic E-state index is 0.111. The number of aliphatic hydroxyl groups excluding tert-OH is 1. The van der Waals surface area contributed by atoms with Gasteiger partial charge in [-0.05, 0) is 37.1 Å². The number of nitrogens with one attached hydrogen (secondary N) is 1. The van der Waals surface area contributed by atoms with E-state index in [9.17, 15) is 18.5 Å². The lowest BCUT2D eigenvalue weighted by Gasteiger charge is -2.17. The van der Waals surface area contributed by atoms with Gasteiger partial charge in [0.1, 0.15) is 5.76 Å². The summed E-state index contributed by atoms with van der Waals surface area (Å²) in [4.78, 5) is 22.1. The summed E-state index contributed by atoms with van der Waals surface area (Å²) < 4.78 is 28.0. The third-order valence-corrected chi connectivity index (χ3v) is 3.24. The van der Waals surface area contributed by atoms with E-state index in [1.165, 1.54) is 18.2 Å². The quantitative estimate of drug-likeness (QED) is 0.494. The van der Waals surface area contributed by atoms with E-state index in [0.29, 0.717) is 12.8 Å². The van der Waals surface area contributed by atoms with Crippen LogP contribution in [-0.4, -0.2) is 11.0 Å². The van der Waals surface area contributed by atoms with Gasteiger partial charge in [0.15, 0.2) is 0 Å². The van der Waals surface area contributed by atoms with Gasteiger partial charge in [-0.2, -0.15) is 0 Å². The van der Waals surface area contributed by atoms with Gasteiger partial charge in [-0.3, -0.25) is 4.79 Å². The van der Waals surface area contributed by atoms with Crippen molar-refractivity contribution in [2.75, 3.05) is 5.32 Å². The number of nitrogens with zero attached hydrogens (tertiary/aromatic N) is 1. The first-order valence-electron chi connectivity index (χ1n) is 6.39. The number of amides is 1. The molecule has 1 aliphatic carbocycles. The molecule has 1 fully saturated rings. The number of hydrogen-bond donors (Lipinski definition) is 2. The van der Waals surface area contributed by atoms with Gasteiger partial charge >= 0.3 is 0 Å². The summed E-state index contributed by atoms with van der Waals surface area (Å²) in [6.45, 7) is 1.13. The molecular weight excluding hydrogens is 282 g/mol. The van der Waals surface area contributed by atoms with Crippen LogP contribution in [0.25, 0.3) is 0 Å². The van der Waals surface area contributed by atoms with Gasteiger partial charge in [0, 0.05) is 17.2 Å². The zero-order chi connectivity index (χ0) is 15.6. The Hall–Kier alpha value is -2.31. The number of carbonyl (C=O) groups is 1. The van der Waals surface area contributed by atoms with Crippen molar-refractivity contribution in [3.05, 3.63) is 46.2 Å². The molecule has 0 aromatic heterocycles. The van der Waals surface area contributed by atoms with Crippen molar-refractivity contribution in [1.82, 2.24) is 0 Å². The fourth-order valence-corrected chi connectivity index (χ4v) is 1.95. The number of hydrogen-bond acceptors (Lipinski definition) is 4. The molecule has 7 heteroatoms.